The van der Waals surface area contributed by atoms with Crippen molar-refractivity contribution in [1.29, 1.82) is 0 Å². The lowest BCUT2D eigenvalue weighted by molar-refractivity contribution is -0.384. The topological polar surface area (TPSA) is 89.3 Å². The lowest BCUT2D eigenvalue weighted by Gasteiger charge is -2.22. The highest BCUT2D eigenvalue weighted by Crippen LogP contribution is 2.33. The Morgan fingerprint density at radius 3 is 2.28 bits per heavy atom. The van der Waals surface area contributed by atoms with E-state index in [-0.39, 0.29) is 16.6 Å². The molecule has 0 aliphatic rings. The summed E-state index contributed by atoms with van der Waals surface area (Å²) < 4.78 is 23.3. The summed E-state index contributed by atoms with van der Waals surface area (Å²) in [5.41, 5.74) is 1.09. The van der Waals surface area contributed by atoms with E-state index in [1.165, 1.54) is 12.1 Å². The third kappa shape index (κ3) is 5.03. The van der Waals surface area contributed by atoms with Crippen LogP contribution in [-0.4, -0.2) is 19.6 Å². The number of hydrogen-bond donors (Lipinski definition) is 1. The molecule has 7 heteroatoms. The van der Waals surface area contributed by atoms with Gasteiger partial charge in [-0.1, -0.05) is 44.2 Å². The van der Waals surface area contributed by atoms with Crippen LogP contribution in [0.3, 0.4) is 0 Å². The number of sulfone groups is 1. The molecule has 0 fully saturated rings. The summed E-state index contributed by atoms with van der Waals surface area (Å²) in [6.07, 6.45) is 1.82. The fourth-order valence-electron chi connectivity index (χ4n) is 2.64. The van der Waals surface area contributed by atoms with E-state index in [0.29, 0.717) is 11.6 Å². The number of benzene rings is 2. The zero-order valence-corrected chi connectivity index (χ0v) is 15.3. The van der Waals surface area contributed by atoms with Crippen molar-refractivity contribution in [2.45, 2.75) is 31.2 Å². The van der Waals surface area contributed by atoms with E-state index in [4.69, 9.17) is 0 Å². The van der Waals surface area contributed by atoms with Gasteiger partial charge in [-0.05, 0) is 30.0 Å². The van der Waals surface area contributed by atoms with Gasteiger partial charge in [0.2, 0.25) is 0 Å². The fraction of sp³-hybridized carbons (Fsp3) is 0.333. The second-order valence-corrected chi connectivity index (χ2v) is 8.46. The molecule has 0 aromatic heterocycles. The molecule has 134 valence electrons. The summed E-state index contributed by atoms with van der Waals surface area (Å²) in [6.45, 7) is 4.16. The van der Waals surface area contributed by atoms with Crippen molar-refractivity contribution in [1.82, 2.24) is 0 Å². The molecule has 0 aliphatic heterocycles. The Kier molecular flexibility index (Phi) is 5.79. The third-order valence-corrected chi connectivity index (χ3v) is 4.94. The van der Waals surface area contributed by atoms with Gasteiger partial charge in [0.15, 0.2) is 9.84 Å². The Labute approximate surface area is 148 Å². The minimum atomic E-state index is -3.51. The van der Waals surface area contributed by atoms with Crippen molar-refractivity contribution >= 4 is 21.2 Å². The van der Waals surface area contributed by atoms with E-state index in [0.717, 1.165) is 24.3 Å². The second kappa shape index (κ2) is 7.65. The first-order valence-corrected chi connectivity index (χ1v) is 9.87. The largest absolute Gasteiger partial charge is 0.373 e. The minimum absolute atomic E-state index is 0.0649. The number of nitro benzene ring substituents is 1. The maximum atomic E-state index is 11.7. The fourth-order valence-corrected chi connectivity index (χ4v) is 3.28. The van der Waals surface area contributed by atoms with Gasteiger partial charge in [-0.15, -0.1) is 0 Å². The molecule has 25 heavy (non-hydrogen) atoms. The van der Waals surface area contributed by atoms with Crippen LogP contribution in [0.5, 0.6) is 0 Å². The highest BCUT2D eigenvalue weighted by Gasteiger charge is 2.22. The minimum Gasteiger partial charge on any atom is -0.373 e. The molecule has 0 radical (unpaired) electrons. The SMILES string of the molecule is CC(C)C[C@H](Nc1ccc(S(C)(=O)=O)cc1[N+](=O)[O-])c1ccccc1. The van der Waals surface area contributed by atoms with Gasteiger partial charge in [0, 0.05) is 12.3 Å². The lowest BCUT2D eigenvalue weighted by atomic mass is 9.96. The second-order valence-electron chi connectivity index (χ2n) is 6.45. The van der Waals surface area contributed by atoms with Gasteiger partial charge in [0.1, 0.15) is 5.69 Å². The summed E-state index contributed by atoms with van der Waals surface area (Å²) in [7, 11) is -3.51. The molecule has 2 rings (SSSR count). The van der Waals surface area contributed by atoms with Crippen LogP contribution >= 0.6 is 0 Å². The predicted octanol–water partition coefficient (Wildman–Crippen LogP) is 4.20. The quantitative estimate of drug-likeness (QED) is 0.589. The summed E-state index contributed by atoms with van der Waals surface area (Å²) in [5.74, 6) is 0.382. The standard InChI is InChI=1S/C18H22N2O4S/c1-13(2)11-17(14-7-5-4-6-8-14)19-16-10-9-15(25(3,23)24)12-18(16)20(21)22/h4-10,12-13,17,19H,11H2,1-3H3/t17-/m0/s1. The molecule has 0 aliphatic carbocycles. The first-order chi connectivity index (χ1) is 11.7. The summed E-state index contributed by atoms with van der Waals surface area (Å²) in [4.78, 5) is 10.8. The lowest BCUT2D eigenvalue weighted by Crippen LogP contribution is -2.14. The molecule has 0 heterocycles. The van der Waals surface area contributed by atoms with Crippen LogP contribution in [0.15, 0.2) is 53.4 Å². The van der Waals surface area contributed by atoms with Gasteiger partial charge in [-0.3, -0.25) is 10.1 Å². The molecule has 0 saturated heterocycles. The summed E-state index contributed by atoms with van der Waals surface area (Å²) in [5, 5.41) is 14.6. The Hall–Kier alpha value is -2.41. The van der Waals surface area contributed by atoms with Gasteiger partial charge in [-0.2, -0.15) is 0 Å². The highest BCUT2D eigenvalue weighted by molar-refractivity contribution is 7.90. The van der Waals surface area contributed by atoms with Crippen LogP contribution in [0.1, 0.15) is 31.9 Å². The van der Waals surface area contributed by atoms with Crippen LogP contribution in [0.4, 0.5) is 11.4 Å². The molecule has 6 nitrogen and oxygen atoms in total. The molecule has 0 unspecified atom stereocenters. The number of nitrogens with zero attached hydrogens (tertiary/aromatic N) is 1. The zero-order chi connectivity index (χ0) is 18.6. The van der Waals surface area contributed by atoms with Crippen molar-refractivity contribution in [3.8, 4) is 0 Å². The number of nitro groups is 1. The van der Waals surface area contributed by atoms with Crippen molar-refractivity contribution in [3.05, 3.63) is 64.2 Å². The smallest absolute Gasteiger partial charge is 0.293 e. The van der Waals surface area contributed by atoms with Gasteiger partial charge in [0.05, 0.1) is 15.9 Å². The van der Waals surface area contributed by atoms with Crippen molar-refractivity contribution in [2.24, 2.45) is 5.92 Å². The molecule has 0 amide bonds. The Balaban J connectivity index is 2.43. The Morgan fingerprint density at radius 1 is 1.12 bits per heavy atom. The summed E-state index contributed by atoms with van der Waals surface area (Å²) in [6, 6.07) is 13.6. The molecular weight excluding hydrogens is 340 g/mol. The molecule has 2 aromatic rings. The van der Waals surface area contributed by atoms with Crippen LogP contribution in [0.2, 0.25) is 0 Å². The van der Waals surface area contributed by atoms with Gasteiger partial charge < -0.3 is 5.32 Å². The first kappa shape index (κ1) is 18.9. The van der Waals surface area contributed by atoms with Crippen LogP contribution in [0.25, 0.3) is 0 Å². The molecule has 0 spiro atoms. The number of rotatable bonds is 7. The molecule has 0 bridgehead atoms. The molecule has 1 N–H and O–H groups in total. The van der Waals surface area contributed by atoms with E-state index >= 15 is 0 Å². The number of nitrogens with one attached hydrogen (secondary N) is 1. The van der Waals surface area contributed by atoms with E-state index in [1.807, 2.05) is 30.3 Å². The molecule has 2 aromatic carbocycles. The monoisotopic (exact) mass is 362 g/mol. The van der Waals surface area contributed by atoms with E-state index < -0.39 is 14.8 Å². The molecule has 0 saturated carbocycles. The van der Waals surface area contributed by atoms with Crippen LogP contribution in [-0.2, 0) is 9.84 Å². The van der Waals surface area contributed by atoms with Crippen molar-refractivity contribution in [2.75, 3.05) is 11.6 Å². The van der Waals surface area contributed by atoms with Gasteiger partial charge in [0.25, 0.3) is 5.69 Å². The molecule has 1 atom stereocenters. The van der Waals surface area contributed by atoms with Crippen LogP contribution < -0.4 is 5.32 Å². The van der Waals surface area contributed by atoms with E-state index in [9.17, 15) is 18.5 Å². The van der Waals surface area contributed by atoms with Gasteiger partial charge >= 0.3 is 0 Å². The Morgan fingerprint density at radius 2 is 1.76 bits per heavy atom. The van der Waals surface area contributed by atoms with Crippen molar-refractivity contribution in [3.63, 3.8) is 0 Å². The summed E-state index contributed by atoms with van der Waals surface area (Å²) >= 11 is 0. The maximum Gasteiger partial charge on any atom is 0.293 e. The van der Waals surface area contributed by atoms with E-state index in [2.05, 4.69) is 19.2 Å². The zero-order valence-electron chi connectivity index (χ0n) is 14.5. The third-order valence-electron chi connectivity index (χ3n) is 3.83. The highest BCUT2D eigenvalue weighted by atomic mass is 32.2. The molecular formula is C18H22N2O4S. The number of anilines is 1. The Bertz CT molecular complexity index is 849. The number of hydrogen-bond acceptors (Lipinski definition) is 5. The predicted molar refractivity (Wildman–Crippen MR) is 98.5 cm³/mol. The van der Waals surface area contributed by atoms with E-state index in [1.54, 1.807) is 0 Å². The average Bonchev–Trinajstić information content (AvgIpc) is 2.53. The average molecular weight is 362 g/mol. The van der Waals surface area contributed by atoms with Gasteiger partial charge in [-0.25, -0.2) is 8.42 Å². The first-order valence-electron chi connectivity index (χ1n) is 7.98. The normalized spacial score (nSPS) is 12.8. The van der Waals surface area contributed by atoms with Crippen LogP contribution in [0, 0.1) is 16.0 Å². The maximum absolute atomic E-state index is 11.7. The van der Waals surface area contributed by atoms with Crippen molar-refractivity contribution < 1.29 is 13.3 Å².